The van der Waals surface area contributed by atoms with Crippen molar-refractivity contribution in [3.8, 4) is 5.75 Å². The Labute approximate surface area is 138 Å². The molecule has 0 aromatic heterocycles. The molecule has 0 radical (unpaired) electrons. The van der Waals surface area contributed by atoms with Gasteiger partial charge in [-0.1, -0.05) is 55.7 Å². The van der Waals surface area contributed by atoms with Crippen LogP contribution in [0.2, 0.25) is 0 Å². The number of nitrogens with one attached hydrogen (secondary N) is 1. The fraction of sp³-hybridized carbons (Fsp3) is 0.500. The van der Waals surface area contributed by atoms with Crippen LogP contribution in [0.5, 0.6) is 5.75 Å². The standard InChI is InChI=1S/C20H27NO2/c1-20(12-5-2-6-13-20)21-14-17(22)15-23-19-11-7-9-16-8-3-4-10-18(16)19/h3-4,7-11,17,21-22H,2,5-6,12-15H2,1H3. The number of fused-ring (bicyclic) bond motifs is 1. The van der Waals surface area contributed by atoms with E-state index in [4.69, 9.17) is 4.74 Å². The van der Waals surface area contributed by atoms with Crippen molar-refractivity contribution in [3.05, 3.63) is 42.5 Å². The fourth-order valence-electron chi connectivity index (χ4n) is 3.44. The summed E-state index contributed by atoms with van der Waals surface area (Å²) in [6, 6.07) is 14.2. The summed E-state index contributed by atoms with van der Waals surface area (Å²) in [6.07, 6.45) is 5.81. The third-order valence-electron chi connectivity index (χ3n) is 4.90. The molecule has 2 N–H and O–H groups in total. The Morgan fingerprint density at radius 1 is 1.09 bits per heavy atom. The minimum Gasteiger partial charge on any atom is -0.490 e. The molecule has 2 aromatic rings. The average Bonchev–Trinajstić information content (AvgIpc) is 2.59. The Morgan fingerprint density at radius 3 is 2.65 bits per heavy atom. The fourth-order valence-corrected chi connectivity index (χ4v) is 3.44. The number of aliphatic hydroxyl groups is 1. The van der Waals surface area contributed by atoms with Crippen LogP contribution < -0.4 is 10.1 Å². The second-order valence-electron chi connectivity index (χ2n) is 6.94. The highest BCUT2D eigenvalue weighted by molar-refractivity contribution is 5.88. The first-order valence-corrected chi connectivity index (χ1v) is 8.70. The molecular weight excluding hydrogens is 286 g/mol. The lowest BCUT2D eigenvalue weighted by Gasteiger charge is -2.35. The van der Waals surface area contributed by atoms with E-state index in [1.54, 1.807) is 0 Å². The lowest BCUT2D eigenvalue weighted by molar-refractivity contribution is 0.0937. The monoisotopic (exact) mass is 313 g/mol. The van der Waals surface area contributed by atoms with Crippen molar-refractivity contribution in [1.29, 1.82) is 0 Å². The van der Waals surface area contributed by atoms with E-state index in [2.05, 4.69) is 30.4 Å². The second-order valence-corrected chi connectivity index (χ2v) is 6.94. The highest BCUT2D eigenvalue weighted by Gasteiger charge is 2.26. The van der Waals surface area contributed by atoms with Crippen LogP contribution in [0.3, 0.4) is 0 Å². The van der Waals surface area contributed by atoms with Gasteiger partial charge in [0.05, 0.1) is 0 Å². The molecule has 1 atom stereocenters. The summed E-state index contributed by atoms with van der Waals surface area (Å²) in [5.74, 6) is 0.839. The summed E-state index contributed by atoms with van der Waals surface area (Å²) < 4.78 is 5.86. The van der Waals surface area contributed by atoms with Gasteiger partial charge in [0.25, 0.3) is 0 Å². The van der Waals surface area contributed by atoms with E-state index in [0.717, 1.165) is 16.5 Å². The van der Waals surface area contributed by atoms with Crippen molar-refractivity contribution in [2.45, 2.75) is 50.7 Å². The highest BCUT2D eigenvalue weighted by Crippen LogP contribution is 2.28. The average molecular weight is 313 g/mol. The molecule has 3 rings (SSSR count). The first kappa shape index (κ1) is 16.3. The van der Waals surface area contributed by atoms with Crippen molar-refractivity contribution in [2.24, 2.45) is 0 Å². The maximum Gasteiger partial charge on any atom is 0.127 e. The number of hydrogen-bond donors (Lipinski definition) is 2. The van der Waals surface area contributed by atoms with Gasteiger partial charge in [-0.25, -0.2) is 0 Å². The van der Waals surface area contributed by atoms with Gasteiger partial charge in [-0.3, -0.25) is 0 Å². The maximum absolute atomic E-state index is 10.2. The molecule has 0 heterocycles. The van der Waals surface area contributed by atoms with Crippen LogP contribution in [0.25, 0.3) is 10.8 Å². The van der Waals surface area contributed by atoms with E-state index in [9.17, 15) is 5.11 Å². The normalized spacial score (nSPS) is 18.7. The summed E-state index contributed by atoms with van der Waals surface area (Å²) >= 11 is 0. The van der Waals surface area contributed by atoms with Crippen molar-refractivity contribution < 1.29 is 9.84 Å². The predicted octanol–water partition coefficient (Wildman–Crippen LogP) is 3.89. The Kier molecular flexibility index (Phi) is 5.19. The van der Waals surface area contributed by atoms with E-state index >= 15 is 0 Å². The second kappa shape index (κ2) is 7.33. The largest absolute Gasteiger partial charge is 0.490 e. The quantitative estimate of drug-likeness (QED) is 0.850. The van der Waals surface area contributed by atoms with Gasteiger partial charge in [-0.2, -0.15) is 0 Å². The molecule has 0 saturated heterocycles. The van der Waals surface area contributed by atoms with Gasteiger partial charge in [0.15, 0.2) is 0 Å². The SMILES string of the molecule is CC1(NCC(O)COc2cccc3ccccc23)CCCCC1. The molecule has 1 unspecified atom stereocenters. The molecule has 0 bridgehead atoms. The van der Waals surface area contributed by atoms with E-state index in [1.165, 1.54) is 32.1 Å². The van der Waals surface area contributed by atoms with E-state index in [-0.39, 0.29) is 5.54 Å². The Hall–Kier alpha value is -1.58. The lowest BCUT2D eigenvalue weighted by Crippen LogP contribution is -2.48. The molecule has 1 fully saturated rings. The Morgan fingerprint density at radius 2 is 1.83 bits per heavy atom. The zero-order chi connectivity index (χ0) is 16.1. The molecule has 1 aliphatic rings. The molecule has 0 amide bonds. The minimum absolute atomic E-state index is 0.179. The van der Waals surface area contributed by atoms with Gasteiger partial charge in [0, 0.05) is 17.5 Å². The van der Waals surface area contributed by atoms with Crippen LogP contribution in [-0.2, 0) is 0 Å². The molecule has 3 nitrogen and oxygen atoms in total. The minimum atomic E-state index is -0.493. The first-order valence-electron chi connectivity index (χ1n) is 8.70. The lowest BCUT2D eigenvalue weighted by atomic mass is 9.83. The van der Waals surface area contributed by atoms with Crippen molar-refractivity contribution in [1.82, 2.24) is 5.32 Å². The molecule has 3 heteroatoms. The topological polar surface area (TPSA) is 41.5 Å². The molecule has 0 aliphatic heterocycles. The van der Waals surface area contributed by atoms with E-state index in [0.29, 0.717) is 13.2 Å². The van der Waals surface area contributed by atoms with Gasteiger partial charge < -0.3 is 15.2 Å². The molecular formula is C20H27NO2. The van der Waals surface area contributed by atoms with Crippen molar-refractivity contribution in [2.75, 3.05) is 13.2 Å². The van der Waals surface area contributed by atoms with Crippen LogP contribution in [0, 0.1) is 0 Å². The van der Waals surface area contributed by atoms with Gasteiger partial charge in [0.1, 0.15) is 18.5 Å². The van der Waals surface area contributed by atoms with Crippen LogP contribution >= 0.6 is 0 Å². The van der Waals surface area contributed by atoms with E-state index in [1.807, 2.05) is 24.3 Å². The number of aliphatic hydroxyl groups excluding tert-OH is 1. The predicted molar refractivity (Wildman–Crippen MR) is 94.9 cm³/mol. The molecule has 1 aliphatic carbocycles. The third kappa shape index (κ3) is 4.24. The molecule has 0 spiro atoms. The number of β-amino-alcohol motifs (C(OH)–C–C–N with tert-alkyl or cyclic N) is 1. The summed E-state index contributed by atoms with van der Waals surface area (Å²) in [5, 5.41) is 16.0. The Balaban J connectivity index is 1.53. The third-order valence-corrected chi connectivity index (χ3v) is 4.90. The highest BCUT2D eigenvalue weighted by atomic mass is 16.5. The van der Waals surface area contributed by atoms with Gasteiger partial charge in [-0.05, 0) is 31.2 Å². The molecule has 1 saturated carbocycles. The summed E-state index contributed by atoms with van der Waals surface area (Å²) in [7, 11) is 0. The number of ether oxygens (including phenoxy) is 1. The van der Waals surface area contributed by atoms with Gasteiger partial charge >= 0.3 is 0 Å². The number of benzene rings is 2. The zero-order valence-corrected chi connectivity index (χ0v) is 13.9. The number of rotatable bonds is 6. The van der Waals surface area contributed by atoms with Crippen LogP contribution in [0.1, 0.15) is 39.0 Å². The van der Waals surface area contributed by atoms with Gasteiger partial charge in [-0.15, -0.1) is 0 Å². The van der Waals surface area contributed by atoms with Crippen molar-refractivity contribution in [3.63, 3.8) is 0 Å². The zero-order valence-electron chi connectivity index (χ0n) is 13.9. The molecule has 124 valence electrons. The summed E-state index contributed by atoms with van der Waals surface area (Å²) in [5.41, 5.74) is 0.179. The van der Waals surface area contributed by atoms with Crippen molar-refractivity contribution >= 4 is 10.8 Å². The Bertz CT molecular complexity index is 629. The summed E-state index contributed by atoms with van der Waals surface area (Å²) in [4.78, 5) is 0. The molecule has 2 aromatic carbocycles. The maximum atomic E-state index is 10.2. The smallest absolute Gasteiger partial charge is 0.127 e. The van der Waals surface area contributed by atoms with Crippen LogP contribution in [0.15, 0.2) is 42.5 Å². The van der Waals surface area contributed by atoms with E-state index < -0.39 is 6.10 Å². The van der Waals surface area contributed by atoms with Gasteiger partial charge in [0.2, 0.25) is 0 Å². The van der Waals surface area contributed by atoms with Crippen LogP contribution in [-0.4, -0.2) is 29.9 Å². The number of hydrogen-bond acceptors (Lipinski definition) is 3. The first-order chi connectivity index (χ1) is 11.2. The molecule has 23 heavy (non-hydrogen) atoms. The van der Waals surface area contributed by atoms with Crippen LogP contribution in [0.4, 0.5) is 0 Å². The summed E-state index contributed by atoms with van der Waals surface area (Å²) in [6.45, 7) is 3.17.